The van der Waals surface area contributed by atoms with E-state index in [0.717, 1.165) is 0 Å². The third-order valence-electron chi connectivity index (χ3n) is 5.37. The van der Waals surface area contributed by atoms with E-state index in [-0.39, 0.29) is 18.6 Å². The molecule has 16 nitrogen and oxygen atoms in total. The van der Waals surface area contributed by atoms with E-state index >= 15 is 0 Å². The molecule has 11 N–H and O–H groups in total. The molecule has 39 heavy (non-hydrogen) atoms. The van der Waals surface area contributed by atoms with Gasteiger partial charge in [0.05, 0.1) is 25.2 Å². The van der Waals surface area contributed by atoms with Gasteiger partial charge in [-0.25, -0.2) is 9.78 Å². The highest BCUT2D eigenvalue weighted by molar-refractivity contribution is 5.96. The van der Waals surface area contributed by atoms with E-state index < -0.39 is 72.6 Å². The second kappa shape index (κ2) is 14.1. The van der Waals surface area contributed by atoms with Gasteiger partial charge in [-0.1, -0.05) is 12.1 Å². The Morgan fingerprint density at radius 1 is 0.846 bits per heavy atom. The van der Waals surface area contributed by atoms with Crippen LogP contribution in [-0.2, 0) is 41.6 Å². The summed E-state index contributed by atoms with van der Waals surface area (Å²) in [4.78, 5) is 79.1. The standard InChI is InChI=1S/C23H29N7O9/c24-14(5-11-1-3-13(31)4-2-11)20(35)28-16(7-18(25)32)22(37)29-15(6-12-9-26-10-27-12)21(36)30-17(23(38)39)8-19(33)34/h1-4,9-10,14-17,31H,5-8,24H2,(H2,25,32)(H,26,27)(H,28,35)(H,29,37)(H,30,36)(H,33,34)(H,38,39). The highest BCUT2D eigenvalue weighted by Gasteiger charge is 2.32. The number of hydrogen-bond acceptors (Lipinski definition) is 9. The Morgan fingerprint density at radius 3 is 1.97 bits per heavy atom. The average molecular weight is 548 g/mol. The minimum absolute atomic E-state index is 0.0151. The number of aromatic hydroxyl groups is 1. The molecule has 0 spiro atoms. The van der Waals surface area contributed by atoms with Crippen molar-refractivity contribution in [3.05, 3.63) is 48.0 Å². The number of carboxylic acid groups (broad SMARTS) is 2. The molecule has 0 radical (unpaired) electrons. The van der Waals surface area contributed by atoms with Gasteiger partial charge in [0.15, 0.2) is 0 Å². The van der Waals surface area contributed by atoms with Gasteiger partial charge in [-0.15, -0.1) is 0 Å². The van der Waals surface area contributed by atoms with Crippen molar-refractivity contribution in [2.75, 3.05) is 0 Å². The van der Waals surface area contributed by atoms with Crippen molar-refractivity contribution in [3.8, 4) is 5.75 Å². The number of carboxylic acids is 2. The number of aliphatic carboxylic acids is 2. The number of H-pyrrole nitrogens is 1. The number of phenolic OH excluding ortho intramolecular Hbond substituents is 1. The maximum Gasteiger partial charge on any atom is 0.326 e. The first-order chi connectivity index (χ1) is 18.3. The van der Waals surface area contributed by atoms with Gasteiger partial charge in [0.1, 0.15) is 23.9 Å². The maximum absolute atomic E-state index is 13.1. The molecule has 4 amide bonds. The van der Waals surface area contributed by atoms with E-state index in [9.17, 15) is 39.0 Å². The van der Waals surface area contributed by atoms with E-state index in [1.165, 1.54) is 24.7 Å². The van der Waals surface area contributed by atoms with Crippen LogP contribution in [0.5, 0.6) is 5.75 Å². The van der Waals surface area contributed by atoms with Crippen molar-refractivity contribution in [2.24, 2.45) is 11.5 Å². The molecule has 4 unspecified atom stereocenters. The zero-order valence-electron chi connectivity index (χ0n) is 20.5. The molecule has 0 aliphatic rings. The quantitative estimate of drug-likeness (QED) is 0.109. The monoisotopic (exact) mass is 547 g/mol. The zero-order chi connectivity index (χ0) is 29.1. The van der Waals surface area contributed by atoms with Gasteiger partial charge >= 0.3 is 11.9 Å². The Bertz CT molecular complexity index is 1190. The Balaban J connectivity index is 2.18. The molecule has 0 saturated carbocycles. The maximum atomic E-state index is 13.1. The van der Waals surface area contributed by atoms with E-state index in [2.05, 4.69) is 25.9 Å². The fourth-order valence-electron chi connectivity index (χ4n) is 3.41. The van der Waals surface area contributed by atoms with Crippen molar-refractivity contribution in [1.82, 2.24) is 25.9 Å². The fraction of sp³-hybridized carbons (Fsp3) is 0.348. The topological polar surface area (TPSA) is 280 Å². The minimum Gasteiger partial charge on any atom is -0.508 e. The molecule has 0 aliphatic carbocycles. The molecule has 210 valence electrons. The van der Waals surface area contributed by atoms with Gasteiger partial charge in [0, 0.05) is 18.3 Å². The van der Waals surface area contributed by atoms with Gasteiger partial charge in [-0.05, 0) is 24.1 Å². The molecule has 0 fully saturated rings. The summed E-state index contributed by atoms with van der Waals surface area (Å²) in [6, 6.07) is -0.0744. The van der Waals surface area contributed by atoms with Crippen molar-refractivity contribution in [1.29, 1.82) is 0 Å². The molecule has 4 atom stereocenters. The molecule has 0 aliphatic heterocycles. The Hall–Kier alpha value is -4.99. The Kier molecular flexibility index (Phi) is 10.9. The molecule has 0 saturated heterocycles. The second-order valence-corrected chi connectivity index (χ2v) is 8.55. The van der Waals surface area contributed by atoms with Crippen LogP contribution in [0.15, 0.2) is 36.8 Å². The summed E-state index contributed by atoms with van der Waals surface area (Å²) in [6.07, 6.45) is 0.853. The predicted octanol–water partition coefficient (Wildman–Crippen LogP) is -2.88. The third kappa shape index (κ3) is 10.1. The molecular formula is C23H29N7O9. The van der Waals surface area contributed by atoms with Crippen LogP contribution in [0, 0.1) is 0 Å². The van der Waals surface area contributed by atoms with Crippen molar-refractivity contribution in [2.45, 2.75) is 49.9 Å². The number of nitrogens with zero attached hydrogens (tertiary/aromatic N) is 1. The van der Waals surface area contributed by atoms with Gasteiger partial charge in [0.2, 0.25) is 23.6 Å². The molecular weight excluding hydrogens is 518 g/mol. The summed E-state index contributed by atoms with van der Waals surface area (Å²) in [5.41, 5.74) is 12.1. The van der Waals surface area contributed by atoms with Crippen molar-refractivity contribution < 1.29 is 44.1 Å². The van der Waals surface area contributed by atoms with Gasteiger partial charge in [0.25, 0.3) is 0 Å². The molecule has 16 heteroatoms. The number of carbonyl (C=O) groups is 6. The number of nitrogens with two attached hydrogens (primary N) is 2. The first kappa shape index (κ1) is 30.2. The zero-order valence-corrected chi connectivity index (χ0v) is 20.5. The largest absolute Gasteiger partial charge is 0.508 e. The number of carbonyl (C=O) groups excluding carboxylic acids is 4. The van der Waals surface area contributed by atoms with Crippen LogP contribution in [0.1, 0.15) is 24.1 Å². The minimum atomic E-state index is -1.80. The summed E-state index contributed by atoms with van der Waals surface area (Å²) < 4.78 is 0. The smallest absolute Gasteiger partial charge is 0.326 e. The van der Waals surface area contributed by atoms with E-state index in [1.54, 1.807) is 12.1 Å². The summed E-state index contributed by atoms with van der Waals surface area (Å²) in [6.45, 7) is 0. The number of aromatic amines is 1. The SMILES string of the molecule is NC(=O)CC(NC(=O)C(N)Cc1ccc(O)cc1)C(=O)NC(Cc1cnc[nH]1)C(=O)NC(CC(=O)O)C(=O)O. The van der Waals surface area contributed by atoms with E-state index in [0.29, 0.717) is 11.3 Å². The lowest BCUT2D eigenvalue weighted by Gasteiger charge is -2.24. The lowest BCUT2D eigenvalue weighted by molar-refractivity contribution is -0.147. The van der Waals surface area contributed by atoms with Gasteiger partial charge in [-0.2, -0.15) is 0 Å². The van der Waals surface area contributed by atoms with Crippen molar-refractivity contribution >= 4 is 35.6 Å². The summed E-state index contributed by atoms with van der Waals surface area (Å²) in [5.74, 6) is -6.90. The second-order valence-electron chi connectivity index (χ2n) is 8.55. The lowest BCUT2D eigenvalue weighted by Crippen LogP contribution is -2.58. The number of rotatable bonds is 15. The molecule has 1 aromatic heterocycles. The van der Waals surface area contributed by atoms with Crippen LogP contribution < -0.4 is 27.4 Å². The number of aromatic nitrogens is 2. The predicted molar refractivity (Wildman–Crippen MR) is 132 cm³/mol. The average Bonchev–Trinajstić information content (AvgIpc) is 3.36. The van der Waals surface area contributed by atoms with Crippen molar-refractivity contribution in [3.63, 3.8) is 0 Å². The van der Waals surface area contributed by atoms with Crippen LogP contribution in [0.4, 0.5) is 0 Å². The van der Waals surface area contributed by atoms with Crippen LogP contribution in [0.3, 0.4) is 0 Å². The van der Waals surface area contributed by atoms with Crippen LogP contribution in [-0.4, -0.2) is 85.0 Å². The summed E-state index contributed by atoms with van der Waals surface area (Å²) in [7, 11) is 0. The highest BCUT2D eigenvalue weighted by Crippen LogP contribution is 2.11. The summed E-state index contributed by atoms with van der Waals surface area (Å²) in [5, 5.41) is 34.2. The number of imidazole rings is 1. The van der Waals surface area contributed by atoms with Gasteiger partial charge < -0.3 is 47.7 Å². The molecule has 0 bridgehead atoms. The van der Waals surface area contributed by atoms with E-state index in [1.807, 2.05) is 0 Å². The first-order valence-corrected chi connectivity index (χ1v) is 11.5. The number of hydrogen-bond donors (Lipinski definition) is 9. The number of nitrogens with one attached hydrogen (secondary N) is 4. The first-order valence-electron chi connectivity index (χ1n) is 11.5. The van der Waals surface area contributed by atoms with E-state index in [4.69, 9.17) is 16.6 Å². The number of primary amides is 1. The third-order valence-corrected chi connectivity index (χ3v) is 5.37. The number of phenols is 1. The van der Waals surface area contributed by atoms with Crippen LogP contribution in [0.25, 0.3) is 0 Å². The molecule has 2 aromatic rings. The summed E-state index contributed by atoms with van der Waals surface area (Å²) >= 11 is 0. The molecule has 2 rings (SSSR count). The number of benzene rings is 1. The Morgan fingerprint density at radius 2 is 1.44 bits per heavy atom. The molecule has 1 heterocycles. The normalized spacial score (nSPS) is 13.8. The highest BCUT2D eigenvalue weighted by atomic mass is 16.4. The lowest BCUT2D eigenvalue weighted by atomic mass is 10.0. The van der Waals surface area contributed by atoms with Gasteiger partial charge in [-0.3, -0.25) is 24.0 Å². The van der Waals surface area contributed by atoms with Crippen LogP contribution in [0.2, 0.25) is 0 Å². The molecule has 1 aromatic carbocycles. The number of amides is 4. The van der Waals surface area contributed by atoms with Crippen LogP contribution >= 0.6 is 0 Å². The fourth-order valence-corrected chi connectivity index (χ4v) is 3.41. The Labute approximate surface area is 221 Å².